The number of hydrogen-bond donors (Lipinski definition) is 0. The summed E-state index contributed by atoms with van der Waals surface area (Å²) in [7, 11) is 0. The number of amides is 1. The predicted molar refractivity (Wildman–Crippen MR) is 116 cm³/mol. The van der Waals surface area contributed by atoms with Gasteiger partial charge in [0.2, 0.25) is 0 Å². The van der Waals surface area contributed by atoms with E-state index in [-0.39, 0.29) is 5.91 Å². The molecule has 0 atom stereocenters. The van der Waals surface area contributed by atoms with Crippen LogP contribution < -0.4 is 4.90 Å². The number of rotatable bonds is 4. The normalized spacial score (nSPS) is 20.6. The number of piperidine rings is 1. The van der Waals surface area contributed by atoms with Crippen LogP contribution in [0.3, 0.4) is 0 Å². The Balaban J connectivity index is 1.56. The zero-order chi connectivity index (χ0) is 19.5. The number of carbonyl (C=O) groups excluding carboxylic acids is 1. The molecule has 3 heterocycles. The number of aliphatic imine (C=N–C) groups is 1. The van der Waals surface area contributed by atoms with Gasteiger partial charge in [0.05, 0.1) is 10.6 Å². The lowest BCUT2D eigenvalue weighted by atomic mass is 10.1. The predicted octanol–water partition coefficient (Wildman–Crippen LogP) is 5.55. The molecule has 2 aliphatic heterocycles. The Labute approximate surface area is 174 Å². The van der Waals surface area contributed by atoms with E-state index in [4.69, 9.17) is 16.0 Å². The van der Waals surface area contributed by atoms with Gasteiger partial charge in [-0.3, -0.25) is 9.69 Å². The third-order valence-electron chi connectivity index (χ3n) is 4.79. The van der Waals surface area contributed by atoms with Gasteiger partial charge in [-0.05, 0) is 62.2 Å². The number of amidine groups is 1. The summed E-state index contributed by atoms with van der Waals surface area (Å²) in [6.45, 7) is 4.55. The van der Waals surface area contributed by atoms with Crippen LogP contribution in [0.15, 0.2) is 50.7 Å². The fourth-order valence-corrected chi connectivity index (χ4v) is 4.59. The number of hydrogen-bond acceptors (Lipinski definition) is 5. The van der Waals surface area contributed by atoms with E-state index >= 15 is 0 Å². The third kappa shape index (κ3) is 4.13. The van der Waals surface area contributed by atoms with Gasteiger partial charge in [-0.25, -0.2) is 4.99 Å². The molecular formula is C21H22ClN3O2S. The van der Waals surface area contributed by atoms with Gasteiger partial charge in [0, 0.05) is 36.8 Å². The highest BCUT2D eigenvalue weighted by Gasteiger charge is 2.32. The van der Waals surface area contributed by atoms with Crippen molar-refractivity contribution in [2.75, 3.05) is 24.5 Å². The van der Waals surface area contributed by atoms with Crippen LogP contribution in [0.4, 0.5) is 11.6 Å². The van der Waals surface area contributed by atoms with E-state index in [0.717, 1.165) is 24.7 Å². The Kier molecular flexibility index (Phi) is 5.78. The average Bonchev–Trinajstić information content (AvgIpc) is 3.28. The van der Waals surface area contributed by atoms with Gasteiger partial charge < -0.3 is 9.32 Å². The van der Waals surface area contributed by atoms with Crippen LogP contribution >= 0.6 is 23.4 Å². The van der Waals surface area contributed by atoms with Crippen LogP contribution in [0, 0.1) is 0 Å². The molecule has 0 spiro atoms. The van der Waals surface area contributed by atoms with E-state index in [1.165, 1.54) is 31.0 Å². The maximum absolute atomic E-state index is 12.8. The zero-order valence-electron chi connectivity index (χ0n) is 15.7. The minimum absolute atomic E-state index is 0.0517. The highest BCUT2D eigenvalue weighted by molar-refractivity contribution is 8.18. The van der Waals surface area contributed by atoms with Gasteiger partial charge in [-0.2, -0.15) is 0 Å². The highest BCUT2D eigenvalue weighted by Crippen LogP contribution is 2.35. The summed E-state index contributed by atoms with van der Waals surface area (Å²) in [6.07, 6.45) is 5.48. The Hall–Kier alpha value is -2.18. The maximum Gasteiger partial charge on any atom is 0.266 e. The first-order chi connectivity index (χ1) is 13.6. The van der Waals surface area contributed by atoms with E-state index in [9.17, 15) is 4.79 Å². The van der Waals surface area contributed by atoms with E-state index in [1.54, 1.807) is 17.0 Å². The lowest BCUT2D eigenvalue weighted by Gasteiger charge is -2.25. The summed E-state index contributed by atoms with van der Waals surface area (Å²) in [6, 6.07) is 11.2. The molecule has 2 aliphatic rings. The Bertz CT molecular complexity index is 931. The molecule has 1 aromatic carbocycles. The van der Waals surface area contributed by atoms with Crippen LogP contribution in [0.1, 0.15) is 31.9 Å². The number of benzene rings is 1. The number of carbonyl (C=O) groups is 1. The van der Waals surface area contributed by atoms with Crippen molar-refractivity contribution in [3.05, 3.63) is 52.1 Å². The van der Waals surface area contributed by atoms with E-state index < -0.39 is 0 Å². The topological polar surface area (TPSA) is 49.1 Å². The SMILES string of the molecule is CCN1C(=O)/C(=C\c2ccc(N3CCCCC3)o2)SC1=Nc1cccc(Cl)c1. The van der Waals surface area contributed by atoms with Crippen molar-refractivity contribution < 1.29 is 9.21 Å². The van der Waals surface area contributed by atoms with Crippen molar-refractivity contribution >= 4 is 52.1 Å². The van der Waals surface area contributed by atoms with E-state index in [0.29, 0.717) is 27.4 Å². The van der Waals surface area contributed by atoms with Crippen LogP contribution in [0.25, 0.3) is 6.08 Å². The van der Waals surface area contributed by atoms with Gasteiger partial charge >= 0.3 is 0 Å². The molecule has 7 heteroatoms. The Morgan fingerprint density at radius 2 is 2.04 bits per heavy atom. The molecule has 2 saturated heterocycles. The van der Waals surface area contributed by atoms with Crippen molar-refractivity contribution in [3.8, 4) is 0 Å². The molecule has 0 N–H and O–H groups in total. The molecule has 0 radical (unpaired) electrons. The second-order valence-electron chi connectivity index (χ2n) is 6.76. The molecule has 1 aromatic heterocycles. The van der Waals surface area contributed by atoms with Gasteiger partial charge in [-0.1, -0.05) is 17.7 Å². The van der Waals surface area contributed by atoms with Crippen LogP contribution in [0.5, 0.6) is 0 Å². The van der Waals surface area contributed by atoms with Crippen molar-refractivity contribution in [3.63, 3.8) is 0 Å². The first-order valence-electron chi connectivity index (χ1n) is 9.54. The molecular weight excluding hydrogens is 394 g/mol. The summed E-state index contributed by atoms with van der Waals surface area (Å²) in [4.78, 5) is 22.0. The van der Waals surface area contributed by atoms with Crippen molar-refractivity contribution in [2.24, 2.45) is 4.99 Å². The fourth-order valence-electron chi connectivity index (χ4n) is 3.36. The highest BCUT2D eigenvalue weighted by atomic mass is 35.5. The van der Waals surface area contributed by atoms with Crippen LogP contribution in [-0.4, -0.2) is 35.6 Å². The molecule has 1 amide bonds. The third-order valence-corrected chi connectivity index (χ3v) is 6.03. The number of thioether (sulfide) groups is 1. The van der Waals surface area contributed by atoms with Gasteiger partial charge in [0.25, 0.3) is 5.91 Å². The summed E-state index contributed by atoms with van der Waals surface area (Å²) < 4.78 is 5.98. The summed E-state index contributed by atoms with van der Waals surface area (Å²) >= 11 is 7.41. The molecule has 28 heavy (non-hydrogen) atoms. The zero-order valence-corrected chi connectivity index (χ0v) is 17.3. The fraction of sp³-hybridized carbons (Fsp3) is 0.333. The Morgan fingerprint density at radius 3 is 2.79 bits per heavy atom. The lowest BCUT2D eigenvalue weighted by Crippen LogP contribution is -2.28. The Morgan fingerprint density at radius 1 is 1.21 bits per heavy atom. The average molecular weight is 416 g/mol. The van der Waals surface area contributed by atoms with Crippen molar-refractivity contribution in [1.29, 1.82) is 0 Å². The van der Waals surface area contributed by atoms with Gasteiger partial charge in [-0.15, -0.1) is 0 Å². The molecule has 0 unspecified atom stereocenters. The second kappa shape index (κ2) is 8.45. The first-order valence-corrected chi connectivity index (χ1v) is 10.7. The van der Waals surface area contributed by atoms with E-state index in [1.807, 2.05) is 37.3 Å². The van der Waals surface area contributed by atoms with Crippen molar-refractivity contribution in [1.82, 2.24) is 4.90 Å². The van der Waals surface area contributed by atoms with Crippen LogP contribution in [-0.2, 0) is 4.79 Å². The quantitative estimate of drug-likeness (QED) is 0.614. The molecule has 146 valence electrons. The van der Waals surface area contributed by atoms with Crippen molar-refractivity contribution in [2.45, 2.75) is 26.2 Å². The monoisotopic (exact) mass is 415 g/mol. The molecule has 0 saturated carbocycles. The molecule has 2 fully saturated rings. The number of nitrogens with zero attached hydrogens (tertiary/aromatic N) is 3. The number of anilines is 1. The molecule has 0 bridgehead atoms. The molecule has 5 nitrogen and oxygen atoms in total. The lowest BCUT2D eigenvalue weighted by molar-refractivity contribution is -0.122. The largest absolute Gasteiger partial charge is 0.441 e. The summed E-state index contributed by atoms with van der Waals surface area (Å²) in [5.41, 5.74) is 0.730. The number of halogens is 1. The minimum atomic E-state index is -0.0517. The van der Waals surface area contributed by atoms with Crippen LogP contribution in [0.2, 0.25) is 5.02 Å². The van der Waals surface area contributed by atoms with E-state index in [2.05, 4.69) is 9.89 Å². The molecule has 0 aliphatic carbocycles. The maximum atomic E-state index is 12.8. The smallest absolute Gasteiger partial charge is 0.266 e. The summed E-state index contributed by atoms with van der Waals surface area (Å²) in [5.74, 6) is 1.52. The summed E-state index contributed by atoms with van der Waals surface area (Å²) in [5, 5.41) is 1.28. The number of likely N-dealkylation sites (N-methyl/N-ethyl adjacent to an activating group) is 1. The van der Waals surface area contributed by atoms with Gasteiger partial charge in [0.15, 0.2) is 11.1 Å². The minimum Gasteiger partial charge on any atom is -0.441 e. The number of furan rings is 1. The first kappa shape index (κ1) is 19.2. The second-order valence-corrected chi connectivity index (χ2v) is 8.20. The van der Waals surface area contributed by atoms with Gasteiger partial charge in [0.1, 0.15) is 5.76 Å². The standard InChI is InChI=1S/C21H22ClN3O2S/c1-2-25-20(26)18(28-21(25)23-16-8-6-7-15(22)13-16)14-17-9-10-19(27-17)24-11-4-3-5-12-24/h6-10,13-14H,2-5,11-12H2,1H3/b18-14+,23-21?. The molecule has 4 rings (SSSR count). The molecule has 2 aromatic rings.